The topological polar surface area (TPSA) is 69.6 Å². The van der Waals surface area contributed by atoms with Gasteiger partial charge in [-0.1, -0.05) is 18.2 Å². The van der Waals surface area contributed by atoms with Gasteiger partial charge in [-0.15, -0.1) is 11.3 Å². The number of hydrogen-bond donors (Lipinski definition) is 2. The fourth-order valence-corrected chi connectivity index (χ4v) is 3.59. The lowest BCUT2D eigenvalue weighted by Gasteiger charge is -2.18. The first kappa shape index (κ1) is 15.6. The quantitative estimate of drug-likeness (QED) is 0.884. The minimum absolute atomic E-state index is 0.0971. The van der Waals surface area contributed by atoms with E-state index in [2.05, 4.69) is 22.3 Å². The third-order valence-corrected chi connectivity index (χ3v) is 4.96. The standard InChI is InChI=1S/C17H18N2O3S/c20-16(14-7-9-23-15(14)17(21)22)18-10-12-6-8-19(11-12)13-4-2-1-3-5-13/h1-5,7,9,12H,6,8,10-11H2,(H,18,20)(H,21,22). The molecule has 0 radical (unpaired) electrons. The summed E-state index contributed by atoms with van der Waals surface area (Å²) < 4.78 is 0. The summed E-state index contributed by atoms with van der Waals surface area (Å²) in [6.07, 6.45) is 1.02. The van der Waals surface area contributed by atoms with E-state index in [1.807, 2.05) is 18.2 Å². The Balaban J connectivity index is 1.54. The van der Waals surface area contributed by atoms with Gasteiger partial charge < -0.3 is 15.3 Å². The lowest BCUT2D eigenvalue weighted by atomic mass is 10.1. The molecule has 2 aromatic rings. The number of benzene rings is 1. The average Bonchev–Trinajstić information content (AvgIpc) is 3.23. The molecule has 1 amide bonds. The van der Waals surface area contributed by atoms with E-state index in [1.54, 1.807) is 11.4 Å². The number of carbonyl (C=O) groups is 2. The molecule has 3 rings (SSSR count). The Labute approximate surface area is 138 Å². The van der Waals surface area contributed by atoms with Crippen molar-refractivity contribution in [3.05, 3.63) is 52.2 Å². The molecule has 1 aromatic carbocycles. The zero-order valence-electron chi connectivity index (χ0n) is 12.6. The van der Waals surface area contributed by atoms with Crippen LogP contribution in [0, 0.1) is 5.92 Å². The van der Waals surface area contributed by atoms with Crippen molar-refractivity contribution in [1.82, 2.24) is 5.32 Å². The first-order chi connectivity index (χ1) is 11.1. The third-order valence-electron chi connectivity index (χ3n) is 4.06. The number of para-hydroxylation sites is 1. The van der Waals surface area contributed by atoms with Crippen LogP contribution in [-0.2, 0) is 0 Å². The highest BCUT2D eigenvalue weighted by molar-refractivity contribution is 7.12. The van der Waals surface area contributed by atoms with Gasteiger partial charge in [-0.05, 0) is 35.9 Å². The molecule has 1 atom stereocenters. The van der Waals surface area contributed by atoms with Crippen molar-refractivity contribution in [1.29, 1.82) is 0 Å². The third kappa shape index (κ3) is 3.53. The summed E-state index contributed by atoms with van der Waals surface area (Å²) in [4.78, 5) is 25.6. The van der Waals surface area contributed by atoms with Crippen LogP contribution in [0.15, 0.2) is 41.8 Å². The number of aromatic carboxylic acids is 1. The predicted molar refractivity (Wildman–Crippen MR) is 90.4 cm³/mol. The van der Waals surface area contributed by atoms with Crippen molar-refractivity contribution in [3.63, 3.8) is 0 Å². The van der Waals surface area contributed by atoms with Crippen molar-refractivity contribution in [2.24, 2.45) is 5.92 Å². The number of carboxylic acid groups (broad SMARTS) is 1. The smallest absolute Gasteiger partial charge is 0.346 e. The second-order valence-corrected chi connectivity index (χ2v) is 6.53. The molecule has 0 bridgehead atoms. The number of thiophene rings is 1. The molecular weight excluding hydrogens is 312 g/mol. The van der Waals surface area contributed by atoms with Gasteiger partial charge in [0, 0.05) is 25.3 Å². The summed E-state index contributed by atoms with van der Waals surface area (Å²) in [6, 6.07) is 11.8. The first-order valence-corrected chi connectivity index (χ1v) is 8.42. The molecule has 1 unspecified atom stereocenters. The van der Waals surface area contributed by atoms with E-state index >= 15 is 0 Å². The lowest BCUT2D eigenvalue weighted by molar-refractivity contribution is 0.0696. The predicted octanol–water partition coefficient (Wildman–Crippen LogP) is 2.70. The van der Waals surface area contributed by atoms with E-state index in [0.717, 1.165) is 30.8 Å². The highest BCUT2D eigenvalue weighted by Gasteiger charge is 2.24. The minimum Gasteiger partial charge on any atom is -0.477 e. The maximum absolute atomic E-state index is 12.2. The fraction of sp³-hybridized carbons (Fsp3) is 0.294. The molecule has 0 saturated carbocycles. The van der Waals surface area contributed by atoms with Gasteiger partial charge >= 0.3 is 5.97 Å². The minimum atomic E-state index is -1.05. The van der Waals surface area contributed by atoms with E-state index in [0.29, 0.717) is 12.5 Å². The Morgan fingerprint density at radius 2 is 2.04 bits per heavy atom. The van der Waals surface area contributed by atoms with Crippen LogP contribution >= 0.6 is 11.3 Å². The van der Waals surface area contributed by atoms with Gasteiger partial charge in [-0.3, -0.25) is 4.79 Å². The molecule has 6 heteroatoms. The number of anilines is 1. The van der Waals surface area contributed by atoms with Crippen molar-refractivity contribution < 1.29 is 14.7 Å². The monoisotopic (exact) mass is 330 g/mol. The molecule has 1 aliphatic heterocycles. The summed E-state index contributed by atoms with van der Waals surface area (Å²) in [5.74, 6) is -0.978. The number of amides is 1. The van der Waals surface area contributed by atoms with Gasteiger partial charge in [0.15, 0.2) is 0 Å². The van der Waals surface area contributed by atoms with Crippen molar-refractivity contribution in [2.75, 3.05) is 24.5 Å². The number of nitrogens with one attached hydrogen (secondary N) is 1. The summed E-state index contributed by atoms with van der Waals surface area (Å²) >= 11 is 1.07. The molecule has 1 saturated heterocycles. The van der Waals surface area contributed by atoms with Crippen LogP contribution in [0.5, 0.6) is 0 Å². The zero-order valence-corrected chi connectivity index (χ0v) is 13.4. The summed E-state index contributed by atoms with van der Waals surface area (Å²) in [5, 5.41) is 13.6. The van der Waals surface area contributed by atoms with Gasteiger partial charge in [-0.2, -0.15) is 0 Å². The second kappa shape index (κ2) is 6.83. The fourth-order valence-electron chi connectivity index (χ4n) is 2.86. The van der Waals surface area contributed by atoms with E-state index in [-0.39, 0.29) is 16.3 Å². The molecule has 120 valence electrons. The van der Waals surface area contributed by atoms with Crippen LogP contribution in [0.3, 0.4) is 0 Å². The molecule has 2 N–H and O–H groups in total. The summed E-state index contributed by atoms with van der Waals surface area (Å²) in [7, 11) is 0. The Hall–Kier alpha value is -2.34. The first-order valence-electron chi connectivity index (χ1n) is 7.54. The van der Waals surface area contributed by atoms with Gasteiger partial charge in [-0.25, -0.2) is 4.79 Å². The molecular formula is C17H18N2O3S. The van der Waals surface area contributed by atoms with Gasteiger partial charge in [0.05, 0.1) is 5.56 Å². The SMILES string of the molecule is O=C(NCC1CCN(c2ccccc2)C1)c1ccsc1C(=O)O. The Morgan fingerprint density at radius 1 is 1.26 bits per heavy atom. The van der Waals surface area contributed by atoms with E-state index in [9.17, 15) is 9.59 Å². The van der Waals surface area contributed by atoms with Crippen molar-refractivity contribution in [2.45, 2.75) is 6.42 Å². The summed E-state index contributed by atoms with van der Waals surface area (Å²) in [5.41, 5.74) is 1.45. The molecule has 23 heavy (non-hydrogen) atoms. The maximum Gasteiger partial charge on any atom is 0.346 e. The average molecular weight is 330 g/mol. The van der Waals surface area contributed by atoms with E-state index in [1.165, 1.54) is 5.69 Å². The van der Waals surface area contributed by atoms with Crippen LogP contribution in [0.4, 0.5) is 5.69 Å². The molecule has 1 aliphatic rings. The van der Waals surface area contributed by atoms with Crippen LogP contribution in [-0.4, -0.2) is 36.6 Å². The van der Waals surface area contributed by atoms with Crippen LogP contribution in [0.1, 0.15) is 26.5 Å². The molecule has 2 heterocycles. The maximum atomic E-state index is 12.2. The molecule has 0 aliphatic carbocycles. The highest BCUT2D eigenvalue weighted by atomic mass is 32.1. The van der Waals surface area contributed by atoms with Gasteiger partial charge in [0.1, 0.15) is 4.88 Å². The van der Waals surface area contributed by atoms with Crippen LogP contribution in [0.2, 0.25) is 0 Å². The lowest BCUT2D eigenvalue weighted by Crippen LogP contribution is -2.31. The van der Waals surface area contributed by atoms with Crippen molar-refractivity contribution >= 4 is 28.9 Å². The molecule has 1 fully saturated rings. The number of carbonyl (C=O) groups excluding carboxylic acids is 1. The molecule has 1 aromatic heterocycles. The van der Waals surface area contributed by atoms with Gasteiger partial charge in [0.2, 0.25) is 0 Å². The molecule has 0 spiro atoms. The number of rotatable bonds is 5. The van der Waals surface area contributed by atoms with Crippen LogP contribution < -0.4 is 10.2 Å². The number of carboxylic acids is 1. The zero-order chi connectivity index (χ0) is 16.2. The number of hydrogen-bond acceptors (Lipinski definition) is 4. The Morgan fingerprint density at radius 3 is 2.78 bits per heavy atom. The number of nitrogens with zero attached hydrogens (tertiary/aromatic N) is 1. The molecule has 5 nitrogen and oxygen atoms in total. The highest BCUT2D eigenvalue weighted by Crippen LogP contribution is 2.23. The van der Waals surface area contributed by atoms with Crippen molar-refractivity contribution in [3.8, 4) is 0 Å². The Bertz CT molecular complexity index is 699. The summed E-state index contributed by atoms with van der Waals surface area (Å²) in [6.45, 7) is 2.44. The van der Waals surface area contributed by atoms with Crippen LogP contribution in [0.25, 0.3) is 0 Å². The van der Waals surface area contributed by atoms with E-state index in [4.69, 9.17) is 5.11 Å². The Kier molecular flexibility index (Phi) is 4.62. The normalized spacial score (nSPS) is 17.2. The van der Waals surface area contributed by atoms with E-state index < -0.39 is 5.97 Å². The van der Waals surface area contributed by atoms with Gasteiger partial charge in [0.25, 0.3) is 5.91 Å². The second-order valence-electron chi connectivity index (χ2n) is 5.61. The largest absolute Gasteiger partial charge is 0.477 e.